The maximum Gasteiger partial charge on any atom is 0.129 e. The van der Waals surface area contributed by atoms with Gasteiger partial charge in [0.05, 0.1) is 24.2 Å². The Morgan fingerprint density at radius 2 is 2.06 bits per heavy atom. The fraction of sp³-hybridized carbons (Fsp3) is 0.917. The normalized spacial score (nSPS) is 41.1. The number of morpholine rings is 1. The van der Waals surface area contributed by atoms with Crippen LogP contribution in [0, 0.1) is 5.41 Å². The Labute approximate surface area is 96.9 Å². The first kappa shape index (κ1) is 12.0. The van der Waals surface area contributed by atoms with E-state index in [4.69, 9.17) is 9.47 Å². The molecule has 0 radical (unpaired) electrons. The number of aldehydes is 1. The van der Waals surface area contributed by atoms with Crippen molar-refractivity contribution in [2.45, 2.75) is 32.5 Å². The first-order chi connectivity index (χ1) is 7.63. The van der Waals surface area contributed by atoms with Crippen LogP contribution in [0.15, 0.2) is 0 Å². The molecule has 0 aromatic rings. The maximum atomic E-state index is 11.2. The Hall–Kier alpha value is -0.450. The van der Waals surface area contributed by atoms with Crippen molar-refractivity contribution in [2.75, 3.05) is 32.8 Å². The summed E-state index contributed by atoms with van der Waals surface area (Å²) in [6.07, 6.45) is 2.46. The second-order valence-electron chi connectivity index (χ2n) is 5.23. The number of ether oxygens (including phenoxy) is 2. The molecule has 0 spiro atoms. The first-order valence-corrected chi connectivity index (χ1v) is 6.05. The molecular formula is C12H21NO3. The second-order valence-corrected chi connectivity index (χ2v) is 5.23. The summed E-state index contributed by atoms with van der Waals surface area (Å²) in [4.78, 5) is 13.6. The van der Waals surface area contributed by atoms with Gasteiger partial charge in [0.25, 0.3) is 0 Å². The quantitative estimate of drug-likeness (QED) is 0.665. The molecule has 0 aromatic heterocycles. The molecule has 0 N–H and O–H groups in total. The number of nitrogens with zero attached hydrogens (tertiary/aromatic N) is 1. The first-order valence-electron chi connectivity index (χ1n) is 6.05. The molecule has 4 nitrogen and oxygen atoms in total. The molecule has 0 aromatic carbocycles. The van der Waals surface area contributed by atoms with Crippen molar-refractivity contribution in [3.05, 3.63) is 0 Å². The van der Waals surface area contributed by atoms with E-state index in [0.717, 1.165) is 32.3 Å². The lowest BCUT2D eigenvalue weighted by Crippen LogP contribution is -2.50. The van der Waals surface area contributed by atoms with Crippen LogP contribution in [-0.4, -0.2) is 56.2 Å². The summed E-state index contributed by atoms with van der Waals surface area (Å²) in [7, 11) is 0. The summed E-state index contributed by atoms with van der Waals surface area (Å²) in [5.74, 6) is 0. The second kappa shape index (κ2) is 4.82. The van der Waals surface area contributed by atoms with Gasteiger partial charge in [-0.2, -0.15) is 0 Å². The van der Waals surface area contributed by atoms with E-state index in [1.807, 2.05) is 0 Å². The van der Waals surface area contributed by atoms with Gasteiger partial charge < -0.3 is 14.3 Å². The highest BCUT2D eigenvalue weighted by molar-refractivity contribution is 5.60. The zero-order valence-corrected chi connectivity index (χ0v) is 10.1. The molecule has 1 unspecified atom stereocenters. The van der Waals surface area contributed by atoms with E-state index in [9.17, 15) is 4.79 Å². The summed E-state index contributed by atoms with van der Waals surface area (Å²) >= 11 is 0. The van der Waals surface area contributed by atoms with Gasteiger partial charge in [-0.15, -0.1) is 0 Å². The third kappa shape index (κ3) is 2.62. The van der Waals surface area contributed by atoms with Gasteiger partial charge in [0.15, 0.2) is 0 Å². The molecule has 92 valence electrons. The lowest BCUT2D eigenvalue weighted by molar-refractivity contribution is -0.120. The third-order valence-corrected chi connectivity index (χ3v) is 3.42. The summed E-state index contributed by atoms with van der Waals surface area (Å²) < 4.78 is 11.0. The van der Waals surface area contributed by atoms with Crippen LogP contribution in [-0.2, 0) is 14.3 Å². The molecule has 3 atom stereocenters. The van der Waals surface area contributed by atoms with E-state index >= 15 is 0 Å². The number of carbonyl (C=O) groups excluding carboxylic acids is 1. The van der Waals surface area contributed by atoms with Gasteiger partial charge in [-0.1, -0.05) is 0 Å². The SMILES string of the molecule is C[C@@H]1CN(CC2(C=O)CCOC2)C[C@H](C)O1. The molecule has 0 bridgehead atoms. The minimum absolute atomic E-state index is 0.259. The van der Waals surface area contributed by atoms with E-state index in [2.05, 4.69) is 18.7 Å². The molecule has 2 fully saturated rings. The lowest BCUT2D eigenvalue weighted by atomic mass is 9.88. The Morgan fingerprint density at radius 3 is 2.56 bits per heavy atom. The van der Waals surface area contributed by atoms with Crippen LogP contribution in [0.5, 0.6) is 0 Å². The van der Waals surface area contributed by atoms with Crippen molar-refractivity contribution in [3.63, 3.8) is 0 Å². The standard InChI is InChI=1S/C12H21NO3/c1-10-5-13(6-11(2)16-10)7-12(8-14)3-4-15-9-12/h8,10-11H,3-7,9H2,1-2H3/t10-,11+,12?. The molecular weight excluding hydrogens is 206 g/mol. The van der Waals surface area contributed by atoms with Crippen LogP contribution in [0.2, 0.25) is 0 Å². The smallest absolute Gasteiger partial charge is 0.129 e. The van der Waals surface area contributed by atoms with Gasteiger partial charge in [0, 0.05) is 26.2 Å². The van der Waals surface area contributed by atoms with Crippen LogP contribution >= 0.6 is 0 Å². The van der Waals surface area contributed by atoms with E-state index < -0.39 is 0 Å². The van der Waals surface area contributed by atoms with Gasteiger partial charge in [-0.3, -0.25) is 4.90 Å². The van der Waals surface area contributed by atoms with Crippen molar-refractivity contribution in [1.29, 1.82) is 0 Å². The Kier molecular flexibility index (Phi) is 3.62. The fourth-order valence-corrected chi connectivity index (χ4v) is 2.74. The van der Waals surface area contributed by atoms with Crippen molar-refractivity contribution >= 4 is 6.29 Å². The molecule has 0 saturated carbocycles. The monoisotopic (exact) mass is 227 g/mol. The average molecular weight is 227 g/mol. The van der Waals surface area contributed by atoms with Crippen LogP contribution < -0.4 is 0 Å². The maximum absolute atomic E-state index is 11.2. The minimum atomic E-state index is -0.267. The molecule has 0 aliphatic carbocycles. The predicted molar refractivity (Wildman–Crippen MR) is 60.4 cm³/mol. The predicted octanol–water partition coefficient (Wildman–Crippen LogP) is 0.701. The van der Waals surface area contributed by atoms with Crippen LogP contribution in [0.3, 0.4) is 0 Å². The fourth-order valence-electron chi connectivity index (χ4n) is 2.74. The number of carbonyl (C=O) groups is 1. The highest BCUT2D eigenvalue weighted by Crippen LogP contribution is 2.28. The van der Waals surface area contributed by atoms with E-state index in [1.165, 1.54) is 0 Å². The van der Waals surface area contributed by atoms with E-state index in [1.54, 1.807) is 0 Å². The molecule has 2 rings (SSSR count). The zero-order chi connectivity index (χ0) is 11.6. The summed E-state index contributed by atoms with van der Waals surface area (Å²) in [6.45, 7) is 8.11. The molecule has 2 aliphatic heterocycles. The summed E-state index contributed by atoms with van der Waals surface area (Å²) in [6, 6.07) is 0. The van der Waals surface area contributed by atoms with E-state index in [0.29, 0.717) is 13.2 Å². The lowest BCUT2D eigenvalue weighted by Gasteiger charge is -2.38. The Morgan fingerprint density at radius 1 is 1.38 bits per heavy atom. The zero-order valence-electron chi connectivity index (χ0n) is 10.1. The average Bonchev–Trinajstić information content (AvgIpc) is 2.65. The van der Waals surface area contributed by atoms with Crippen molar-refractivity contribution in [1.82, 2.24) is 4.90 Å². The molecule has 16 heavy (non-hydrogen) atoms. The highest BCUT2D eigenvalue weighted by Gasteiger charge is 2.38. The topological polar surface area (TPSA) is 38.8 Å². The van der Waals surface area contributed by atoms with Crippen LogP contribution in [0.25, 0.3) is 0 Å². The molecule has 2 heterocycles. The van der Waals surface area contributed by atoms with Gasteiger partial charge in [-0.05, 0) is 20.3 Å². The minimum Gasteiger partial charge on any atom is -0.380 e. The summed E-state index contributed by atoms with van der Waals surface area (Å²) in [5.41, 5.74) is -0.267. The van der Waals surface area contributed by atoms with Gasteiger partial charge in [-0.25, -0.2) is 0 Å². The Bertz CT molecular complexity index is 241. The molecule has 2 aliphatic rings. The van der Waals surface area contributed by atoms with E-state index in [-0.39, 0.29) is 17.6 Å². The largest absolute Gasteiger partial charge is 0.380 e. The number of hydrogen-bond donors (Lipinski definition) is 0. The molecule has 0 amide bonds. The van der Waals surface area contributed by atoms with Crippen LogP contribution in [0.1, 0.15) is 20.3 Å². The molecule has 2 saturated heterocycles. The van der Waals surface area contributed by atoms with Crippen molar-refractivity contribution in [3.8, 4) is 0 Å². The number of rotatable bonds is 3. The van der Waals surface area contributed by atoms with Gasteiger partial charge >= 0.3 is 0 Å². The van der Waals surface area contributed by atoms with Gasteiger partial charge in [0.2, 0.25) is 0 Å². The highest BCUT2D eigenvalue weighted by atomic mass is 16.5. The van der Waals surface area contributed by atoms with Crippen molar-refractivity contribution < 1.29 is 14.3 Å². The van der Waals surface area contributed by atoms with Gasteiger partial charge in [0.1, 0.15) is 6.29 Å². The Balaban J connectivity index is 1.94. The number of hydrogen-bond acceptors (Lipinski definition) is 4. The van der Waals surface area contributed by atoms with Crippen molar-refractivity contribution in [2.24, 2.45) is 5.41 Å². The summed E-state index contributed by atoms with van der Waals surface area (Å²) in [5, 5.41) is 0. The van der Waals surface area contributed by atoms with Crippen LogP contribution in [0.4, 0.5) is 0 Å². The molecule has 4 heteroatoms. The third-order valence-electron chi connectivity index (χ3n) is 3.42.